The number of sulfonamides is 1. The van der Waals surface area contributed by atoms with Crippen LogP contribution >= 0.6 is 0 Å². The normalized spacial score (nSPS) is 11.8. The Labute approximate surface area is 121 Å². The molecule has 0 atom stereocenters. The number of aromatic amines is 1. The number of carbonyl (C=O) groups is 1. The molecule has 0 saturated heterocycles. The van der Waals surface area contributed by atoms with Crippen molar-refractivity contribution in [2.75, 3.05) is 13.7 Å². The van der Waals surface area contributed by atoms with Crippen LogP contribution in [0.2, 0.25) is 0 Å². The summed E-state index contributed by atoms with van der Waals surface area (Å²) < 4.78 is 35.7. The number of rotatable bonds is 6. The summed E-state index contributed by atoms with van der Waals surface area (Å²) in [6.45, 7) is 1.89. The fraction of sp³-hybridized carbons (Fsp3) is 0.333. The van der Waals surface area contributed by atoms with Crippen LogP contribution in [0.1, 0.15) is 22.8 Å². The highest BCUT2D eigenvalue weighted by Gasteiger charge is 2.29. The first-order valence-corrected chi connectivity index (χ1v) is 7.58. The van der Waals surface area contributed by atoms with E-state index in [0.717, 1.165) is 10.5 Å². The van der Waals surface area contributed by atoms with Gasteiger partial charge in [0.25, 0.3) is 10.0 Å². The van der Waals surface area contributed by atoms with Crippen molar-refractivity contribution < 1.29 is 22.4 Å². The molecule has 0 saturated carbocycles. The molecule has 2 heterocycles. The van der Waals surface area contributed by atoms with E-state index in [9.17, 15) is 13.2 Å². The topological polar surface area (TPSA) is 106 Å². The summed E-state index contributed by atoms with van der Waals surface area (Å²) in [5.41, 5.74) is 0.578. The quantitative estimate of drug-likeness (QED) is 0.798. The summed E-state index contributed by atoms with van der Waals surface area (Å²) >= 11 is 0. The number of ether oxygens (including phenoxy) is 1. The average Bonchev–Trinajstić information content (AvgIpc) is 3.09. The number of esters is 1. The van der Waals surface area contributed by atoms with E-state index in [2.05, 4.69) is 10.2 Å². The van der Waals surface area contributed by atoms with Crippen LogP contribution < -0.4 is 0 Å². The second-order valence-corrected chi connectivity index (χ2v) is 6.21. The smallest absolute Gasteiger partial charge is 0.342 e. The van der Waals surface area contributed by atoms with Gasteiger partial charge >= 0.3 is 5.97 Å². The molecule has 21 heavy (non-hydrogen) atoms. The Morgan fingerprint density at radius 3 is 2.90 bits per heavy atom. The highest BCUT2D eigenvalue weighted by Crippen LogP contribution is 2.19. The maximum Gasteiger partial charge on any atom is 0.342 e. The Morgan fingerprint density at radius 1 is 1.52 bits per heavy atom. The van der Waals surface area contributed by atoms with Gasteiger partial charge in [-0.05, 0) is 13.0 Å². The van der Waals surface area contributed by atoms with Crippen LogP contribution in [0, 0.1) is 0 Å². The van der Waals surface area contributed by atoms with E-state index in [1.54, 1.807) is 13.0 Å². The van der Waals surface area contributed by atoms with Gasteiger partial charge in [0.15, 0.2) is 5.03 Å². The summed E-state index contributed by atoms with van der Waals surface area (Å²) in [7, 11) is -2.49. The molecule has 9 heteroatoms. The minimum Gasteiger partial charge on any atom is -0.472 e. The molecule has 1 N–H and O–H groups in total. The van der Waals surface area contributed by atoms with E-state index in [0.29, 0.717) is 5.56 Å². The monoisotopic (exact) mass is 313 g/mol. The third-order valence-corrected chi connectivity index (χ3v) is 4.53. The molecule has 0 aliphatic carbocycles. The largest absolute Gasteiger partial charge is 0.472 e. The van der Waals surface area contributed by atoms with Crippen LogP contribution in [0.4, 0.5) is 0 Å². The van der Waals surface area contributed by atoms with Crippen LogP contribution in [-0.4, -0.2) is 42.5 Å². The SMILES string of the molecule is CCOC(=O)c1cn[nH]c1S(=O)(=O)N(C)Cc1ccoc1. The number of hydrogen-bond donors (Lipinski definition) is 1. The predicted molar refractivity (Wildman–Crippen MR) is 71.9 cm³/mol. The second-order valence-electron chi connectivity index (χ2n) is 4.23. The molecule has 2 aromatic rings. The molecule has 0 unspecified atom stereocenters. The summed E-state index contributed by atoms with van der Waals surface area (Å²) in [5.74, 6) is -0.735. The van der Waals surface area contributed by atoms with Crippen molar-refractivity contribution in [3.05, 3.63) is 35.9 Å². The first kappa shape index (κ1) is 15.3. The van der Waals surface area contributed by atoms with E-state index in [1.807, 2.05) is 0 Å². The van der Waals surface area contributed by atoms with Crippen molar-refractivity contribution in [2.24, 2.45) is 0 Å². The molecule has 0 fully saturated rings. The zero-order chi connectivity index (χ0) is 15.5. The van der Waals surface area contributed by atoms with Crippen molar-refractivity contribution >= 4 is 16.0 Å². The molecular weight excluding hydrogens is 298 g/mol. The predicted octanol–water partition coefficient (Wildman–Crippen LogP) is 1.00. The molecule has 0 bridgehead atoms. The van der Waals surface area contributed by atoms with E-state index in [1.165, 1.54) is 19.6 Å². The lowest BCUT2D eigenvalue weighted by atomic mass is 10.3. The molecule has 0 aliphatic heterocycles. The third kappa shape index (κ3) is 3.14. The van der Waals surface area contributed by atoms with Gasteiger partial charge in [0.1, 0.15) is 5.56 Å². The Hall–Kier alpha value is -2.13. The molecule has 0 spiro atoms. The highest BCUT2D eigenvalue weighted by atomic mass is 32.2. The standard InChI is InChI=1S/C12H15N3O5S/c1-3-20-12(16)10-6-13-14-11(10)21(17,18)15(2)7-9-4-5-19-8-9/h4-6,8H,3,7H2,1-2H3,(H,13,14). The van der Waals surface area contributed by atoms with Crippen LogP contribution in [0.5, 0.6) is 0 Å². The molecule has 0 amide bonds. The second kappa shape index (κ2) is 6.10. The van der Waals surface area contributed by atoms with E-state index >= 15 is 0 Å². The molecule has 8 nitrogen and oxygen atoms in total. The lowest BCUT2D eigenvalue weighted by molar-refractivity contribution is 0.0521. The number of aromatic nitrogens is 2. The molecule has 114 valence electrons. The third-order valence-electron chi connectivity index (χ3n) is 2.75. The fourth-order valence-electron chi connectivity index (χ4n) is 1.71. The molecule has 2 rings (SSSR count). The zero-order valence-electron chi connectivity index (χ0n) is 11.6. The van der Waals surface area contributed by atoms with Gasteiger partial charge in [-0.3, -0.25) is 5.10 Å². The Bertz CT molecular complexity index is 705. The summed E-state index contributed by atoms with van der Waals surface area (Å²) in [5, 5.41) is 5.68. The fourth-order valence-corrected chi connectivity index (χ4v) is 2.92. The Morgan fingerprint density at radius 2 is 2.29 bits per heavy atom. The molecule has 0 aliphatic rings. The number of carbonyl (C=O) groups excluding carboxylic acids is 1. The molecule has 0 radical (unpaired) electrons. The molecule has 2 aromatic heterocycles. The first-order valence-electron chi connectivity index (χ1n) is 6.14. The van der Waals surface area contributed by atoms with Gasteiger partial charge in [-0.25, -0.2) is 13.2 Å². The van der Waals surface area contributed by atoms with Crippen LogP contribution in [0.25, 0.3) is 0 Å². The van der Waals surface area contributed by atoms with Gasteiger partial charge in [-0.1, -0.05) is 0 Å². The number of nitrogens with one attached hydrogen (secondary N) is 1. The van der Waals surface area contributed by atoms with Crippen LogP contribution in [0.3, 0.4) is 0 Å². The van der Waals surface area contributed by atoms with Crippen molar-refractivity contribution in [2.45, 2.75) is 18.5 Å². The Kier molecular flexibility index (Phi) is 4.43. The van der Waals surface area contributed by atoms with E-state index < -0.39 is 16.0 Å². The van der Waals surface area contributed by atoms with Crippen LogP contribution in [0.15, 0.2) is 34.2 Å². The minimum absolute atomic E-state index is 0.111. The summed E-state index contributed by atoms with van der Waals surface area (Å²) in [4.78, 5) is 11.7. The van der Waals surface area contributed by atoms with Crippen molar-refractivity contribution in [1.29, 1.82) is 0 Å². The number of H-pyrrole nitrogens is 1. The maximum atomic E-state index is 12.5. The van der Waals surface area contributed by atoms with Gasteiger partial charge in [-0.15, -0.1) is 0 Å². The van der Waals surface area contributed by atoms with Crippen molar-refractivity contribution in [3.8, 4) is 0 Å². The maximum absolute atomic E-state index is 12.5. The van der Waals surface area contributed by atoms with Gasteiger partial charge in [0.05, 0.1) is 25.3 Å². The van der Waals surface area contributed by atoms with Crippen LogP contribution in [-0.2, 0) is 21.3 Å². The number of hydrogen-bond acceptors (Lipinski definition) is 6. The molecular formula is C12H15N3O5S. The van der Waals surface area contributed by atoms with Crippen molar-refractivity contribution in [3.63, 3.8) is 0 Å². The number of nitrogens with zero attached hydrogens (tertiary/aromatic N) is 2. The van der Waals surface area contributed by atoms with Gasteiger partial charge in [0.2, 0.25) is 0 Å². The van der Waals surface area contributed by atoms with Gasteiger partial charge in [0, 0.05) is 19.2 Å². The lowest BCUT2D eigenvalue weighted by Crippen LogP contribution is -2.28. The zero-order valence-corrected chi connectivity index (χ0v) is 12.4. The summed E-state index contributed by atoms with van der Waals surface area (Å²) in [6, 6.07) is 1.66. The van der Waals surface area contributed by atoms with Gasteiger partial charge < -0.3 is 9.15 Å². The highest BCUT2D eigenvalue weighted by molar-refractivity contribution is 7.89. The van der Waals surface area contributed by atoms with E-state index in [4.69, 9.17) is 9.15 Å². The molecule has 0 aromatic carbocycles. The summed E-state index contributed by atoms with van der Waals surface area (Å²) in [6.07, 6.45) is 4.04. The lowest BCUT2D eigenvalue weighted by Gasteiger charge is -2.15. The van der Waals surface area contributed by atoms with E-state index in [-0.39, 0.29) is 23.7 Å². The number of furan rings is 1. The van der Waals surface area contributed by atoms with Crippen molar-refractivity contribution in [1.82, 2.24) is 14.5 Å². The average molecular weight is 313 g/mol. The first-order chi connectivity index (χ1) is 9.96. The van der Waals surface area contributed by atoms with Gasteiger partial charge in [-0.2, -0.15) is 9.40 Å². The minimum atomic E-state index is -3.89. The Balaban J connectivity index is 2.27.